The van der Waals surface area contributed by atoms with Crippen LogP contribution in [0.4, 0.5) is 0 Å². The van der Waals surface area contributed by atoms with Crippen LogP contribution in [-0.4, -0.2) is 42.5 Å². The number of halogens is 1. The molecular formula is C16H23ClN2. The van der Waals surface area contributed by atoms with Gasteiger partial charge in [-0.15, -0.1) is 0 Å². The molecule has 0 radical (unpaired) electrons. The Balaban J connectivity index is 1.53. The summed E-state index contributed by atoms with van der Waals surface area (Å²) in [6, 6.07) is 6.35. The number of likely N-dealkylation sites (tertiary alicyclic amines) is 1. The van der Waals surface area contributed by atoms with Crippen LogP contribution in [0.5, 0.6) is 0 Å². The summed E-state index contributed by atoms with van der Waals surface area (Å²) in [6.45, 7) is 7.31. The molecule has 3 rings (SSSR count). The summed E-state index contributed by atoms with van der Waals surface area (Å²) in [7, 11) is 0. The molecule has 0 aliphatic carbocycles. The number of fused-ring (bicyclic) bond motifs is 1. The smallest absolute Gasteiger partial charge is 0.0409 e. The predicted molar refractivity (Wildman–Crippen MR) is 80.7 cm³/mol. The third kappa shape index (κ3) is 3.50. The molecule has 0 amide bonds. The molecule has 0 spiro atoms. The zero-order chi connectivity index (χ0) is 13.1. The fourth-order valence-electron chi connectivity index (χ4n) is 3.24. The second-order valence-electron chi connectivity index (χ2n) is 5.84. The molecule has 104 valence electrons. The highest BCUT2D eigenvalue weighted by Crippen LogP contribution is 2.22. The minimum Gasteiger partial charge on any atom is -0.302 e. The molecule has 0 saturated carbocycles. The lowest BCUT2D eigenvalue weighted by Gasteiger charge is -2.32. The highest BCUT2D eigenvalue weighted by atomic mass is 35.5. The van der Waals surface area contributed by atoms with Crippen LogP contribution in [-0.2, 0) is 13.0 Å². The molecule has 1 fully saturated rings. The van der Waals surface area contributed by atoms with Crippen LogP contribution in [0, 0.1) is 0 Å². The Morgan fingerprint density at radius 3 is 2.53 bits per heavy atom. The summed E-state index contributed by atoms with van der Waals surface area (Å²) >= 11 is 6.10. The second-order valence-corrected chi connectivity index (χ2v) is 6.28. The van der Waals surface area contributed by atoms with Crippen molar-refractivity contribution in [1.82, 2.24) is 9.80 Å². The highest BCUT2D eigenvalue weighted by Gasteiger charge is 2.17. The molecule has 2 aliphatic heterocycles. The van der Waals surface area contributed by atoms with Gasteiger partial charge in [0.05, 0.1) is 0 Å². The van der Waals surface area contributed by atoms with Gasteiger partial charge in [-0.05, 0) is 55.6 Å². The molecule has 0 bridgehead atoms. The van der Waals surface area contributed by atoms with Gasteiger partial charge in [0.25, 0.3) is 0 Å². The first-order valence-corrected chi connectivity index (χ1v) is 7.91. The molecule has 0 unspecified atom stereocenters. The van der Waals surface area contributed by atoms with Crippen molar-refractivity contribution in [1.29, 1.82) is 0 Å². The van der Waals surface area contributed by atoms with Crippen molar-refractivity contribution < 1.29 is 0 Å². The van der Waals surface area contributed by atoms with Gasteiger partial charge in [-0.25, -0.2) is 0 Å². The number of piperidine rings is 1. The third-order valence-corrected chi connectivity index (χ3v) is 4.68. The largest absolute Gasteiger partial charge is 0.302 e. The summed E-state index contributed by atoms with van der Waals surface area (Å²) in [5.41, 5.74) is 2.91. The Kier molecular flexibility index (Phi) is 4.42. The molecule has 3 heteroatoms. The maximum atomic E-state index is 6.10. The van der Waals surface area contributed by atoms with Crippen molar-refractivity contribution in [2.45, 2.75) is 32.2 Å². The zero-order valence-electron chi connectivity index (χ0n) is 11.6. The van der Waals surface area contributed by atoms with E-state index < -0.39 is 0 Å². The van der Waals surface area contributed by atoms with Gasteiger partial charge >= 0.3 is 0 Å². The molecule has 19 heavy (non-hydrogen) atoms. The minimum atomic E-state index is 0.872. The quantitative estimate of drug-likeness (QED) is 0.838. The van der Waals surface area contributed by atoms with Crippen molar-refractivity contribution in [2.24, 2.45) is 0 Å². The van der Waals surface area contributed by atoms with Crippen molar-refractivity contribution in [3.63, 3.8) is 0 Å². The normalized spacial score (nSPS) is 21.3. The molecule has 0 atom stereocenters. The Labute approximate surface area is 121 Å². The van der Waals surface area contributed by atoms with Crippen LogP contribution in [0.25, 0.3) is 0 Å². The number of hydrogen-bond acceptors (Lipinski definition) is 2. The molecular weight excluding hydrogens is 256 g/mol. The van der Waals surface area contributed by atoms with Gasteiger partial charge < -0.3 is 4.90 Å². The molecule has 0 N–H and O–H groups in total. The number of rotatable bonds is 3. The molecule has 2 aliphatic rings. The van der Waals surface area contributed by atoms with Crippen molar-refractivity contribution >= 4 is 11.6 Å². The SMILES string of the molecule is Clc1ccc2c(c1)CN(CCN1CCCCC1)CC2. The van der Waals surface area contributed by atoms with Crippen molar-refractivity contribution in [3.05, 3.63) is 34.3 Å². The van der Waals surface area contributed by atoms with Crippen LogP contribution >= 0.6 is 11.6 Å². The van der Waals surface area contributed by atoms with Gasteiger partial charge in [0.15, 0.2) is 0 Å². The average molecular weight is 279 g/mol. The molecule has 1 aromatic carbocycles. The number of nitrogens with zero attached hydrogens (tertiary/aromatic N) is 2. The van der Waals surface area contributed by atoms with Gasteiger partial charge in [-0.3, -0.25) is 4.90 Å². The maximum absolute atomic E-state index is 6.10. The van der Waals surface area contributed by atoms with E-state index in [1.807, 2.05) is 6.07 Å². The summed E-state index contributed by atoms with van der Waals surface area (Å²) in [6.07, 6.45) is 5.37. The van der Waals surface area contributed by atoms with Gasteiger partial charge in [0, 0.05) is 31.2 Å². The zero-order valence-corrected chi connectivity index (χ0v) is 12.3. The van der Waals surface area contributed by atoms with E-state index in [0.717, 1.165) is 11.6 Å². The molecule has 2 heterocycles. The van der Waals surface area contributed by atoms with Crippen molar-refractivity contribution in [3.8, 4) is 0 Å². The molecule has 1 aromatic rings. The van der Waals surface area contributed by atoms with Crippen LogP contribution in [0.1, 0.15) is 30.4 Å². The fraction of sp³-hybridized carbons (Fsp3) is 0.625. The molecule has 2 nitrogen and oxygen atoms in total. The van der Waals surface area contributed by atoms with Gasteiger partial charge in [-0.2, -0.15) is 0 Å². The Bertz CT molecular complexity index is 427. The lowest BCUT2D eigenvalue weighted by atomic mass is 10.00. The number of hydrogen-bond donors (Lipinski definition) is 0. The van der Waals surface area contributed by atoms with E-state index in [4.69, 9.17) is 11.6 Å². The van der Waals surface area contributed by atoms with Crippen LogP contribution in [0.3, 0.4) is 0 Å². The Hall–Kier alpha value is -0.570. The third-order valence-electron chi connectivity index (χ3n) is 4.44. The van der Waals surface area contributed by atoms with E-state index in [-0.39, 0.29) is 0 Å². The van der Waals surface area contributed by atoms with Gasteiger partial charge in [-0.1, -0.05) is 24.1 Å². The topological polar surface area (TPSA) is 6.48 Å². The van der Waals surface area contributed by atoms with E-state index in [1.54, 1.807) is 0 Å². The van der Waals surface area contributed by atoms with Crippen LogP contribution < -0.4 is 0 Å². The molecule has 0 aromatic heterocycles. The maximum Gasteiger partial charge on any atom is 0.0409 e. The van der Waals surface area contributed by atoms with Crippen molar-refractivity contribution in [2.75, 3.05) is 32.7 Å². The monoisotopic (exact) mass is 278 g/mol. The summed E-state index contributed by atoms with van der Waals surface area (Å²) < 4.78 is 0. The van der Waals surface area contributed by atoms with E-state index in [9.17, 15) is 0 Å². The summed E-state index contributed by atoms with van der Waals surface area (Å²) in [5.74, 6) is 0. The highest BCUT2D eigenvalue weighted by molar-refractivity contribution is 6.30. The standard InChI is InChI=1S/C16H23ClN2/c17-16-5-4-14-6-9-19(13-15(14)12-16)11-10-18-7-2-1-3-8-18/h4-5,12H,1-3,6-11,13H2. The minimum absolute atomic E-state index is 0.872. The molecule has 1 saturated heterocycles. The first-order chi connectivity index (χ1) is 9.31. The van der Waals surface area contributed by atoms with Gasteiger partial charge in [0.2, 0.25) is 0 Å². The predicted octanol–water partition coefficient (Wildman–Crippen LogP) is 3.18. The lowest BCUT2D eigenvalue weighted by Crippen LogP contribution is -2.39. The van der Waals surface area contributed by atoms with E-state index >= 15 is 0 Å². The van der Waals surface area contributed by atoms with Crippen LogP contribution in [0.15, 0.2) is 18.2 Å². The Morgan fingerprint density at radius 1 is 0.895 bits per heavy atom. The summed E-state index contributed by atoms with van der Waals surface area (Å²) in [5, 5.41) is 0.872. The van der Waals surface area contributed by atoms with Gasteiger partial charge in [0.1, 0.15) is 0 Å². The Morgan fingerprint density at radius 2 is 1.68 bits per heavy atom. The van der Waals surface area contributed by atoms with Crippen LogP contribution in [0.2, 0.25) is 5.02 Å². The van der Waals surface area contributed by atoms with E-state index in [2.05, 4.69) is 21.9 Å². The lowest BCUT2D eigenvalue weighted by molar-refractivity contribution is 0.173. The van der Waals surface area contributed by atoms with E-state index in [1.165, 1.54) is 69.5 Å². The number of benzene rings is 1. The van der Waals surface area contributed by atoms with E-state index in [0.29, 0.717) is 0 Å². The first kappa shape index (κ1) is 13.4. The fourth-order valence-corrected chi connectivity index (χ4v) is 3.44. The summed E-state index contributed by atoms with van der Waals surface area (Å²) in [4.78, 5) is 5.20. The average Bonchev–Trinajstić information content (AvgIpc) is 2.46. The second kappa shape index (κ2) is 6.25. The first-order valence-electron chi connectivity index (χ1n) is 7.53.